The van der Waals surface area contributed by atoms with Gasteiger partial charge in [0.25, 0.3) is 5.91 Å². The average molecular weight is 347 g/mol. The summed E-state index contributed by atoms with van der Waals surface area (Å²) in [6.45, 7) is 0. The van der Waals surface area contributed by atoms with Crippen molar-refractivity contribution in [1.29, 1.82) is 0 Å². The fourth-order valence-electron chi connectivity index (χ4n) is 2.38. The molecule has 0 fully saturated rings. The number of fused-ring (bicyclic) bond motifs is 1. The van der Waals surface area contributed by atoms with E-state index < -0.39 is 6.10 Å². The van der Waals surface area contributed by atoms with Gasteiger partial charge in [0.05, 0.1) is 20.9 Å². The lowest BCUT2D eigenvalue weighted by molar-refractivity contribution is -0.125. The topological polar surface area (TPSA) is 79.4 Å². The predicted octanol–water partition coefficient (Wildman–Crippen LogP) is 3.41. The Hall–Kier alpha value is -2.38. The number of benzene rings is 1. The van der Waals surface area contributed by atoms with E-state index in [0.717, 1.165) is 21.5 Å². The SMILES string of the molecule is O=C(Nc1ccc2[nH]ncc2c1)[C@@H]1CC(c2ccc(Cl)s2)=NO1. The van der Waals surface area contributed by atoms with Crippen molar-refractivity contribution in [2.75, 3.05) is 5.32 Å². The number of rotatable bonds is 3. The van der Waals surface area contributed by atoms with Crippen molar-refractivity contribution in [2.24, 2.45) is 5.16 Å². The van der Waals surface area contributed by atoms with Crippen molar-refractivity contribution in [3.63, 3.8) is 0 Å². The molecule has 116 valence electrons. The summed E-state index contributed by atoms with van der Waals surface area (Å²) in [5.74, 6) is -0.228. The number of anilines is 1. The van der Waals surface area contributed by atoms with Crippen LogP contribution in [0.3, 0.4) is 0 Å². The van der Waals surface area contributed by atoms with Crippen molar-refractivity contribution < 1.29 is 9.63 Å². The first-order valence-electron chi connectivity index (χ1n) is 6.91. The van der Waals surface area contributed by atoms with Gasteiger partial charge in [-0.2, -0.15) is 5.10 Å². The number of aromatic nitrogens is 2. The van der Waals surface area contributed by atoms with Gasteiger partial charge < -0.3 is 10.2 Å². The van der Waals surface area contributed by atoms with E-state index >= 15 is 0 Å². The molecule has 23 heavy (non-hydrogen) atoms. The Morgan fingerprint density at radius 1 is 1.39 bits per heavy atom. The normalized spacial score (nSPS) is 17.1. The van der Waals surface area contributed by atoms with Gasteiger partial charge in [0.15, 0.2) is 0 Å². The van der Waals surface area contributed by atoms with Gasteiger partial charge in [-0.1, -0.05) is 16.8 Å². The number of carbonyl (C=O) groups excluding carboxylic acids is 1. The molecule has 3 heterocycles. The van der Waals surface area contributed by atoms with Gasteiger partial charge in [0, 0.05) is 17.5 Å². The number of halogens is 1. The largest absolute Gasteiger partial charge is 0.382 e. The van der Waals surface area contributed by atoms with Gasteiger partial charge in [-0.05, 0) is 30.3 Å². The minimum Gasteiger partial charge on any atom is -0.382 e. The molecule has 1 aliphatic heterocycles. The van der Waals surface area contributed by atoms with E-state index in [1.54, 1.807) is 12.3 Å². The highest BCUT2D eigenvalue weighted by Gasteiger charge is 2.29. The highest BCUT2D eigenvalue weighted by Crippen LogP contribution is 2.27. The van der Waals surface area contributed by atoms with Crippen LogP contribution in [0.15, 0.2) is 41.7 Å². The summed E-state index contributed by atoms with van der Waals surface area (Å²) in [7, 11) is 0. The second kappa shape index (κ2) is 5.68. The van der Waals surface area contributed by atoms with Crippen molar-refractivity contribution in [3.05, 3.63) is 45.7 Å². The molecular weight excluding hydrogens is 336 g/mol. The highest BCUT2D eigenvalue weighted by molar-refractivity contribution is 7.18. The van der Waals surface area contributed by atoms with E-state index in [9.17, 15) is 4.79 Å². The molecule has 0 aliphatic carbocycles. The number of nitrogens with zero attached hydrogens (tertiary/aromatic N) is 2. The Morgan fingerprint density at radius 3 is 3.13 bits per heavy atom. The van der Waals surface area contributed by atoms with E-state index in [0.29, 0.717) is 16.4 Å². The van der Waals surface area contributed by atoms with Gasteiger partial charge in [-0.25, -0.2) is 0 Å². The van der Waals surface area contributed by atoms with Crippen LogP contribution in [0.1, 0.15) is 11.3 Å². The summed E-state index contributed by atoms with van der Waals surface area (Å²) in [4.78, 5) is 18.5. The third-order valence-electron chi connectivity index (χ3n) is 3.53. The molecular formula is C15H11ClN4O2S. The zero-order chi connectivity index (χ0) is 15.8. The van der Waals surface area contributed by atoms with Gasteiger partial charge >= 0.3 is 0 Å². The predicted molar refractivity (Wildman–Crippen MR) is 90.1 cm³/mol. The maximum absolute atomic E-state index is 12.3. The minimum absolute atomic E-state index is 0.228. The van der Waals surface area contributed by atoms with Crippen LogP contribution in [-0.4, -0.2) is 27.9 Å². The molecule has 0 saturated carbocycles. The molecule has 8 heteroatoms. The number of amides is 1. The maximum Gasteiger partial charge on any atom is 0.268 e. The third kappa shape index (κ3) is 2.80. The number of carbonyl (C=O) groups is 1. The molecule has 2 N–H and O–H groups in total. The van der Waals surface area contributed by atoms with E-state index in [1.165, 1.54) is 11.3 Å². The zero-order valence-electron chi connectivity index (χ0n) is 11.7. The van der Waals surface area contributed by atoms with Gasteiger partial charge in [0.1, 0.15) is 5.71 Å². The first kappa shape index (κ1) is 14.2. The van der Waals surface area contributed by atoms with Crippen molar-refractivity contribution in [3.8, 4) is 0 Å². The molecule has 0 unspecified atom stereocenters. The molecule has 1 atom stereocenters. The number of hydrogen-bond donors (Lipinski definition) is 2. The highest BCUT2D eigenvalue weighted by atomic mass is 35.5. The Balaban J connectivity index is 1.44. The fourth-order valence-corrected chi connectivity index (χ4v) is 3.41. The molecule has 0 bridgehead atoms. The molecule has 6 nitrogen and oxygen atoms in total. The Labute approximate surface area is 140 Å². The van der Waals surface area contributed by atoms with E-state index in [-0.39, 0.29) is 5.91 Å². The summed E-state index contributed by atoms with van der Waals surface area (Å²) in [5.41, 5.74) is 2.35. The molecule has 1 aliphatic rings. The van der Waals surface area contributed by atoms with Gasteiger partial charge in [-0.15, -0.1) is 11.3 Å². The summed E-state index contributed by atoms with van der Waals surface area (Å²) < 4.78 is 0.684. The van der Waals surface area contributed by atoms with Crippen molar-refractivity contribution >= 4 is 51.1 Å². The Bertz CT molecular complexity index is 917. The number of oxime groups is 1. The average Bonchev–Trinajstić information content (AvgIpc) is 3.26. The molecule has 4 rings (SSSR count). The molecule has 1 aromatic carbocycles. The van der Waals surface area contributed by atoms with Crippen LogP contribution in [0.5, 0.6) is 0 Å². The van der Waals surface area contributed by atoms with Crippen LogP contribution in [-0.2, 0) is 9.63 Å². The van der Waals surface area contributed by atoms with Crippen LogP contribution in [0.4, 0.5) is 5.69 Å². The van der Waals surface area contributed by atoms with Crippen molar-refractivity contribution in [1.82, 2.24) is 10.2 Å². The first-order chi connectivity index (χ1) is 11.2. The van der Waals surface area contributed by atoms with Gasteiger partial charge in [0.2, 0.25) is 6.10 Å². The maximum atomic E-state index is 12.3. The van der Waals surface area contributed by atoms with Crippen LogP contribution < -0.4 is 5.32 Å². The molecule has 0 radical (unpaired) electrons. The Morgan fingerprint density at radius 2 is 2.30 bits per heavy atom. The number of nitrogens with one attached hydrogen (secondary N) is 2. The number of thiophene rings is 1. The lowest BCUT2D eigenvalue weighted by atomic mass is 10.1. The lowest BCUT2D eigenvalue weighted by Gasteiger charge is -2.09. The third-order valence-corrected chi connectivity index (χ3v) is 4.81. The van der Waals surface area contributed by atoms with Gasteiger partial charge in [-0.3, -0.25) is 9.89 Å². The molecule has 0 spiro atoms. The summed E-state index contributed by atoms with van der Waals surface area (Å²) >= 11 is 7.34. The zero-order valence-corrected chi connectivity index (χ0v) is 13.3. The van der Waals surface area contributed by atoms with Crippen molar-refractivity contribution in [2.45, 2.75) is 12.5 Å². The summed E-state index contributed by atoms with van der Waals surface area (Å²) in [6.07, 6.45) is 1.50. The standard InChI is InChI=1S/C15H11ClN4O2S/c16-14-4-3-13(23-14)11-6-12(22-20-11)15(21)18-9-1-2-10-8(5-9)7-17-19-10/h1-5,7,12H,6H2,(H,17,19)(H,18,21)/t12-/m0/s1. The summed E-state index contributed by atoms with van der Waals surface area (Å²) in [5, 5.41) is 14.6. The van der Waals surface area contributed by atoms with Crippen LogP contribution in [0.2, 0.25) is 4.34 Å². The fraction of sp³-hybridized carbons (Fsp3) is 0.133. The summed E-state index contributed by atoms with van der Waals surface area (Å²) in [6, 6.07) is 9.21. The second-order valence-corrected chi connectivity index (χ2v) is 6.82. The monoisotopic (exact) mass is 346 g/mol. The minimum atomic E-state index is -0.633. The molecule has 3 aromatic rings. The number of aromatic amines is 1. The smallest absolute Gasteiger partial charge is 0.268 e. The van der Waals surface area contributed by atoms with Crippen LogP contribution >= 0.6 is 22.9 Å². The number of hydrogen-bond acceptors (Lipinski definition) is 5. The first-order valence-corrected chi connectivity index (χ1v) is 8.11. The molecule has 1 amide bonds. The lowest BCUT2D eigenvalue weighted by Crippen LogP contribution is -2.27. The van der Waals surface area contributed by atoms with E-state index in [2.05, 4.69) is 20.7 Å². The van der Waals surface area contributed by atoms with E-state index in [4.69, 9.17) is 16.4 Å². The van der Waals surface area contributed by atoms with Crippen LogP contribution in [0, 0.1) is 0 Å². The quantitative estimate of drug-likeness (QED) is 0.762. The molecule has 2 aromatic heterocycles. The van der Waals surface area contributed by atoms with E-state index in [1.807, 2.05) is 24.3 Å². The second-order valence-electron chi connectivity index (χ2n) is 5.10. The molecule has 0 saturated heterocycles. The number of H-pyrrole nitrogens is 1. The Kier molecular flexibility index (Phi) is 3.51. The van der Waals surface area contributed by atoms with Crippen LogP contribution in [0.25, 0.3) is 10.9 Å².